The Morgan fingerprint density at radius 2 is 1.03 bits per heavy atom. The lowest BCUT2D eigenvalue weighted by atomic mass is 9.32. The van der Waals surface area contributed by atoms with Crippen LogP contribution in [0.25, 0.3) is 0 Å². The number of pyridine rings is 1. The normalized spacial score (nSPS) is 14.3. The first-order valence-corrected chi connectivity index (χ1v) is 13.5. The number of aromatic nitrogens is 1. The van der Waals surface area contributed by atoms with Crippen LogP contribution >= 0.6 is 0 Å². The molecule has 0 N–H and O–H groups in total. The molecule has 182 valence electrons. The minimum Gasteiger partial charge on any atom is -0.310 e. The lowest BCUT2D eigenvalue weighted by molar-refractivity contribution is 0.733. The quantitative estimate of drug-likeness (QED) is 0.270. The molecule has 0 fully saturated rings. The standard InChI is InChI=1S/C36H25BN2/c1-3-14-26(15-4-1)37-32-22-10-7-18-28(32)36(31-21-13-25-38-35(31)37)29-19-8-11-23-33(29)39(27-16-5-2-6-17-27)34-24-12-9-20-30(34)36/h1-25H. The molecule has 2 nitrogen and oxygen atoms in total. The fraction of sp³-hybridized carbons (Fsp3) is 0.0278. The van der Waals surface area contributed by atoms with Crippen LogP contribution in [-0.4, -0.2) is 11.7 Å². The molecule has 6 aromatic rings. The molecule has 0 unspecified atom stereocenters. The second-order valence-corrected chi connectivity index (χ2v) is 10.3. The van der Waals surface area contributed by atoms with Crippen molar-refractivity contribution in [3.05, 3.63) is 174 Å². The lowest BCUT2D eigenvalue weighted by Crippen LogP contribution is -2.63. The molecule has 3 heterocycles. The van der Waals surface area contributed by atoms with Crippen LogP contribution in [0.4, 0.5) is 17.1 Å². The van der Waals surface area contributed by atoms with Crippen LogP contribution in [0.1, 0.15) is 22.3 Å². The molecule has 0 radical (unpaired) electrons. The zero-order chi connectivity index (χ0) is 25.8. The lowest BCUT2D eigenvalue weighted by Gasteiger charge is -2.50. The molecule has 1 aromatic heterocycles. The number of hydrogen-bond acceptors (Lipinski definition) is 2. The van der Waals surface area contributed by atoms with E-state index in [0.29, 0.717) is 0 Å². The molecule has 0 saturated carbocycles. The molecule has 5 aromatic carbocycles. The Labute approximate surface area is 229 Å². The van der Waals surface area contributed by atoms with Gasteiger partial charge in [-0.25, -0.2) is 0 Å². The van der Waals surface area contributed by atoms with E-state index in [1.807, 2.05) is 6.20 Å². The molecule has 2 aliphatic heterocycles. The third-order valence-electron chi connectivity index (χ3n) is 8.44. The number of benzene rings is 5. The number of fused-ring (bicyclic) bond motifs is 8. The van der Waals surface area contributed by atoms with Gasteiger partial charge in [-0.3, -0.25) is 4.98 Å². The average molecular weight is 496 g/mol. The largest absolute Gasteiger partial charge is 0.310 e. The van der Waals surface area contributed by atoms with Gasteiger partial charge in [0.15, 0.2) is 0 Å². The van der Waals surface area contributed by atoms with Gasteiger partial charge in [0, 0.05) is 17.5 Å². The van der Waals surface area contributed by atoms with Crippen molar-refractivity contribution in [3.63, 3.8) is 0 Å². The van der Waals surface area contributed by atoms with Gasteiger partial charge in [0.1, 0.15) is 0 Å². The van der Waals surface area contributed by atoms with Crippen molar-refractivity contribution in [2.24, 2.45) is 0 Å². The van der Waals surface area contributed by atoms with Crippen molar-refractivity contribution in [2.75, 3.05) is 4.90 Å². The van der Waals surface area contributed by atoms with E-state index >= 15 is 0 Å². The number of rotatable bonds is 2. The Morgan fingerprint density at radius 3 is 1.72 bits per heavy atom. The predicted octanol–water partition coefficient (Wildman–Crippen LogP) is 6.08. The first-order valence-electron chi connectivity index (χ1n) is 13.5. The molecule has 1 spiro atoms. The van der Waals surface area contributed by atoms with E-state index in [-0.39, 0.29) is 6.71 Å². The Hall–Kier alpha value is -4.89. The molecule has 0 saturated heterocycles. The second kappa shape index (κ2) is 8.57. The van der Waals surface area contributed by atoms with E-state index in [1.54, 1.807) is 0 Å². The van der Waals surface area contributed by atoms with Gasteiger partial charge in [-0.05, 0) is 52.6 Å². The fourth-order valence-electron chi connectivity index (χ4n) is 7.01. The zero-order valence-electron chi connectivity index (χ0n) is 21.4. The summed E-state index contributed by atoms with van der Waals surface area (Å²) in [7, 11) is 0. The van der Waals surface area contributed by atoms with Gasteiger partial charge in [0.2, 0.25) is 0 Å². The summed E-state index contributed by atoms with van der Waals surface area (Å²) in [6.45, 7) is 0.0655. The van der Waals surface area contributed by atoms with Crippen molar-refractivity contribution in [3.8, 4) is 0 Å². The predicted molar refractivity (Wildman–Crippen MR) is 162 cm³/mol. The van der Waals surface area contributed by atoms with Crippen LogP contribution in [-0.2, 0) is 5.41 Å². The van der Waals surface area contributed by atoms with Crippen molar-refractivity contribution in [1.82, 2.24) is 4.98 Å². The smallest absolute Gasteiger partial charge is 0.265 e. The molecule has 3 heteroatoms. The molecule has 0 bridgehead atoms. The number of nitrogens with zero attached hydrogens (tertiary/aromatic N) is 2. The maximum Gasteiger partial charge on any atom is 0.265 e. The van der Waals surface area contributed by atoms with Gasteiger partial charge in [0.05, 0.1) is 16.8 Å². The Bertz CT molecular complexity index is 1600. The molecule has 0 amide bonds. The highest BCUT2D eigenvalue weighted by atomic mass is 15.2. The summed E-state index contributed by atoms with van der Waals surface area (Å²) in [5.74, 6) is 0. The van der Waals surface area contributed by atoms with E-state index in [0.717, 1.165) is 11.3 Å². The summed E-state index contributed by atoms with van der Waals surface area (Å²) in [6, 6.07) is 52.8. The monoisotopic (exact) mass is 496 g/mol. The van der Waals surface area contributed by atoms with Crippen LogP contribution in [0.15, 0.2) is 152 Å². The number of anilines is 3. The van der Waals surface area contributed by atoms with E-state index < -0.39 is 5.41 Å². The first kappa shape index (κ1) is 22.1. The minimum atomic E-state index is -0.496. The summed E-state index contributed by atoms with van der Waals surface area (Å²) in [5, 5.41) is 0. The number of para-hydroxylation sites is 3. The summed E-state index contributed by atoms with van der Waals surface area (Å²) >= 11 is 0. The molecule has 39 heavy (non-hydrogen) atoms. The Balaban J connectivity index is 1.53. The van der Waals surface area contributed by atoms with Gasteiger partial charge in [-0.1, -0.05) is 126 Å². The molecule has 0 aliphatic carbocycles. The molecule has 8 rings (SSSR count). The minimum absolute atomic E-state index is 0.0655. The van der Waals surface area contributed by atoms with Crippen molar-refractivity contribution < 1.29 is 0 Å². The van der Waals surface area contributed by atoms with Crippen LogP contribution in [0.5, 0.6) is 0 Å². The Morgan fingerprint density at radius 1 is 0.487 bits per heavy atom. The third-order valence-corrected chi connectivity index (χ3v) is 8.44. The van der Waals surface area contributed by atoms with Gasteiger partial charge in [-0.2, -0.15) is 0 Å². The van der Waals surface area contributed by atoms with Gasteiger partial charge >= 0.3 is 0 Å². The topological polar surface area (TPSA) is 16.1 Å². The maximum atomic E-state index is 5.13. The molecule has 2 aliphatic rings. The van der Waals surface area contributed by atoms with Gasteiger partial charge < -0.3 is 4.90 Å². The Kier molecular flexibility index (Phi) is 4.87. The van der Waals surface area contributed by atoms with E-state index in [4.69, 9.17) is 4.98 Å². The SMILES string of the molecule is c1ccc(B2c3ccccc3C3(c4ccccc4N(c4ccccc4)c4ccccc43)c3cccnc32)cc1. The summed E-state index contributed by atoms with van der Waals surface area (Å²) in [5.41, 5.74) is 11.9. The number of hydrogen-bond donors (Lipinski definition) is 0. The highest BCUT2D eigenvalue weighted by Crippen LogP contribution is 2.57. The van der Waals surface area contributed by atoms with Crippen molar-refractivity contribution >= 4 is 40.3 Å². The first-order chi connectivity index (χ1) is 19.4. The highest BCUT2D eigenvalue weighted by Gasteiger charge is 2.52. The van der Waals surface area contributed by atoms with Gasteiger partial charge in [-0.15, -0.1) is 0 Å². The molecular weight excluding hydrogens is 471 g/mol. The highest BCUT2D eigenvalue weighted by molar-refractivity contribution is 6.96. The zero-order valence-corrected chi connectivity index (χ0v) is 21.4. The van der Waals surface area contributed by atoms with Gasteiger partial charge in [0.25, 0.3) is 6.71 Å². The van der Waals surface area contributed by atoms with E-state index in [2.05, 4.69) is 150 Å². The van der Waals surface area contributed by atoms with E-state index in [1.165, 1.54) is 44.6 Å². The summed E-state index contributed by atoms with van der Waals surface area (Å²) in [4.78, 5) is 7.55. The summed E-state index contributed by atoms with van der Waals surface area (Å²) < 4.78 is 0. The average Bonchev–Trinajstić information content (AvgIpc) is 3.02. The van der Waals surface area contributed by atoms with E-state index in [9.17, 15) is 0 Å². The van der Waals surface area contributed by atoms with Crippen LogP contribution < -0.4 is 21.4 Å². The second-order valence-electron chi connectivity index (χ2n) is 10.3. The van der Waals surface area contributed by atoms with Crippen molar-refractivity contribution in [2.45, 2.75) is 5.41 Å². The fourth-order valence-corrected chi connectivity index (χ4v) is 7.01. The maximum absolute atomic E-state index is 5.13. The summed E-state index contributed by atoms with van der Waals surface area (Å²) in [6.07, 6.45) is 1.95. The van der Waals surface area contributed by atoms with Crippen LogP contribution in [0.3, 0.4) is 0 Å². The molecular formula is C36H25BN2. The third kappa shape index (κ3) is 3.02. The van der Waals surface area contributed by atoms with Crippen molar-refractivity contribution in [1.29, 1.82) is 0 Å². The van der Waals surface area contributed by atoms with Crippen LogP contribution in [0, 0.1) is 0 Å². The molecule has 0 atom stereocenters. The van der Waals surface area contributed by atoms with Crippen LogP contribution in [0.2, 0.25) is 0 Å².